The molecule has 6 heteroatoms. The minimum Gasteiger partial charge on any atom is -0.380 e. The van der Waals surface area contributed by atoms with E-state index < -0.39 is 0 Å². The maximum absolute atomic E-state index is 5.67. The number of nitrogens with one attached hydrogen (secondary N) is 1. The zero-order valence-electron chi connectivity index (χ0n) is 13.8. The summed E-state index contributed by atoms with van der Waals surface area (Å²) in [6.45, 7) is 9.04. The molecule has 1 saturated heterocycles. The van der Waals surface area contributed by atoms with E-state index >= 15 is 0 Å². The Hall–Kier alpha value is -1.11. The van der Waals surface area contributed by atoms with E-state index in [0.717, 1.165) is 64.2 Å². The lowest BCUT2D eigenvalue weighted by molar-refractivity contribution is 0.122. The Kier molecular flexibility index (Phi) is 5.33. The molecule has 6 nitrogen and oxygen atoms in total. The first kappa shape index (κ1) is 15.8. The third-order valence-electron chi connectivity index (χ3n) is 4.40. The SMILES string of the molecule is Cc1nn(C)c(N2CCOCC2)c1CNCCOCC1CC1. The maximum Gasteiger partial charge on any atom is 0.131 e. The van der Waals surface area contributed by atoms with Crippen molar-refractivity contribution >= 4 is 5.82 Å². The number of aromatic nitrogens is 2. The Balaban J connectivity index is 1.50. The monoisotopic (exact) mass is 308 g/mol. The highest BCUT2D eigenvalue weighted by Gasteiger charge is 2.22. The molecule has 1 aromatic heterocycles. The third kappa shape index (κ3) is 4.00. The Morgan fingerprint density at radius 1 is 1.32 bits per heavy atom. The van der Waals surface area contributed by atoms with Gasteiger partial charge in [0, 0.05) is 45.4 Å². The highest BCUT2D eigenvalue weighted by Crippen LogP contribution is 2.28. The molecule has 2 fully saturated rings. The molecule has 0 bridgehead atoms. The summed E-state index contributed by atoms with van der Waals surface area (Å²) in [6, 6.07) is 0. The van der Waals surface area contributed by atoms with Gasteiger partial charge >= 0.3 is 0 Å². The van der Waals surface area contributed by atoms with Gasteiger partial charge in [0.15, 0.2) is 0 Å². The molecule has 0 amide bonds. The number of aryl methyl sites for hydroxylation is 2. The minimum atomic E-state index is 0.794. The molecule has 0 atom stereocenters. The molecule has 1 aliphatic carbocycles. The molecule has 124 valence electrons. The highest BCUT2D eigenvalue weighted by molar-refractivity contribution is 5.50. The minimum absolute atomic E-state index is 0.794. The van der Waals surface area contributed by atoms with Crippen LogP contribution in [0, 0.1) is 12.8 Å². The van der Waals surface area contributed by atoms with Crippen LogP contribution >= 0.6 is 0 Å². The van der Waals surface area contributed by atoms with Crippen LogP contribution in [0.3, 0.4) is 0 Å². The normalized spacial score (nSPS) is 18.9. The molecule has 0 radical (unpaired) electrons. The molecule has 1 aromatic rings. The number of hydrogen-bond donors (Lipinski definition) is 1. The van der Waals surface area contributed by atoms with Crippen molar-refractivity contribution in [2.24, 2.45) is 13.0 Å². The molecule has 0 aromatic carbocycles. The van der Waals surface area contributed by atoms with Gasteiger partial charge in [0.05, 0.1) is 25.5 Å². The van der Waals surface area contributed by atoms with Crippen LogP contribution < -0.4 is 10.2 Å². The van der Waals surface area contributed by atoms with Crippen molar-refractivity contribution in [2.75, 3.05) is 51.0 Å². The molecule has 22 heavy (non-hydrogen) atoms. The second-order valence-electron chi connectivity index (χ2n) is 6.31. The van der Waals surface area contributed by atoms with E-state index in [0.29, 0.717) is 0 Å². The van der Waals surface area contributed by atoms with Crippen molar-refractivity contribution < 1.29 is 9.47 Å². The van der Waals surface area contributed by atoms with Crippen molar-refractivity contribution in [1.82, 2.24) is 15.1 Å². The number of anilines is 1. The predicted octanol–water partition coefficient (Wildman–Crippen LogP) is 1.08. The fourth-order valence-corrected chi connectivity index (χ4v) is 2.96. The van der Waals surface area contributed by atoms with E-state index in [-0.39, 0.29) is 0 Å². The molecule has 1 aliphatic heterocycles. The lowest BCUT2D eigenvalue weighted by atomic mass is 10.2. The molecule has 1 saturated carbocycles. The second-order valence-corrected chi connectivity index (χ2v) is 6.31. The molecule has 1 N–H and O–H groups in total. The smallest absolute Gasteiger partial charge is 0.131 e. The van der Waals surface area contributed by atoms with Crippen LogP contribution in [0.25, 0.3) is 0 Å². The van der Waals surface area contributed by atoms with Gasteiger partial charge in [-0.15, -0.1) is 0 Å². The first-order valence-electron chi connectivity index (χ1n) is 8.39. The number of nitrogens with zero attached hydrogens (tertiary/aromatic N) is 3. The average molecular weight is 308 g/mol. The summed E-state index contributed by atoms with van der Waals surface area (Å²) in [7, 11) is 2.03. The standard InChI is InChI=1S/C16H28N4O2/c1-13-15(11-17-5-8-22-12-14-3-4-14)16(19(2)18-13)20-6-9-21-10-7-20/h14,17H,3-12H2,1-2H3. The molecule has 2 heterocycles. The molecule has 2 aliphatic rings. The van der Waals surface area contributed by atoms with E-state index in [4.69, 9.17) is 9.47 Å². The first-order valence-corrected chi connectivity index (χ1v) is 8.39. The summed E-state index contributed by atoms with van der Waals surface area (Å²) in [5.41, 5.74) is 2.40. The number of rotatable bonds is 8. The molecular formula is C16H28N4O2. The lowest BCUT2D eigenvalue weighted by Crippen LogP contribution is -2.38. The average Bonchev–Trinajstić information content (AvgIpc) is 3.29. The Morgan fingerprint density at radius 2 is 2.09 bits per heavy atom. The molecule has 0 spiro atoms. The van der Waals surface area contributed by atoms with Crippen molar-refractivity contribution in [2.45, 2.75) is 26.3 Å². The van der Waals surface area contributed by atoms with Crippen LogP contribution in [0.15, 0.2) is 0 Å². The van der Waals surface area contributed by atoms with Crippen LogP contribution in [0.5, 0.6) is 0 Å². The Labute approximate surface area is 132 Å². The van der Waals surface area contributed by atoms with Gasteiger partial charge in [-0.1, -0.05) is 0 Å². The quantitative estimate of drug-likeness (QED) is 0.728. The van der Waals surface area contributed by atoms with Gasteiger partial charge in [-0.3, -0.25) is 4.68 Å². The zero-order valence-corrected chi connectivity index (χ0v) is 13.8. The Bertz CT molecular complexity index is 479. The van der Waals surface area contributed by atoms with E-state index in [1.165, 1.54) is 24.2 Å². The van der Waals surface area contributed by atoms with Gasteiger partial charge in [0.1, 0.15) is 5.82 Å². The van der Waals surface area contributed by atoms with E-state index in [9.17, 15) is 0 Å². The number of hydrogen-bond acceptors (Lipinski definition) is 5. The van der Waals surface area contributed by atoms with Crippen LogP contribution in [0.1, 0.15) is 24.1 Å². The van der Waals surface area contributed by atoms with Crippen LogP contribution in [0.4, 0.5) is 5.82 Å². The van der Waals surface area contributed by atoms with E-state index in [1.54, 1.807) is 0 Å². The lowest BCUT2D eigenvalue weighted by Gasteiger charge is -2.29. The second kappa shape index (κ2) is 7.44. The molecule has 0 unspecified atom stereocenters. The van der Waals surface area contributed by atoms with Gasteiger partial charge in [0.25, 0.3) is 0 Å². The van der Waals surface area contributed by atoms with Crippen LogP contribution in [-0.4, -0.2) is 55.8 Å². The molecule has 3 rings (SSSR count). The van der Waals surface area contributed by atoms with Crippen molar-refractivity contribution in [3.63, 3.8) is 0 Å². The van der Waals surface area contributed by atoms with Crippen molar-refractivity contribution in [3.8, 4) is 0 Å². The van der Waals surface area contributed by atoms with Gasteiger partial charge in [-0.2, -0.15) is 5.10 Å². The van der Waals surface area contributed by atoms with E-state index in [2.05, 4.69) is 22.2 Å². The van der Waals surface area contributed by atoms with Crippen LogP contribution in [0.2, 0.25) is 0 Å². The summed E-state index contributed by atoms with van der Waals surface area (Å²) in [5.74, 6) is 2.07. The summed E-state index contributed by atoms with van der Waals surface area (Å²) >= 11 is 0. The maximum atomic E-state index is 5.67. The third-order valence-corrected chi connectivity index (χ3v) is 4.40. The largest absolute Gasteiger partial charge is 0.380 e. The fraction of sp³-hybridized carbons (Fsp3) is 0.812. The van der Waals surface area contributed by atoms with Gasteiger partial charge in [-0.25, -0.2) is 0 Å². The fourth-order valence-electron chi connectivity index (χ4n) is 2.96. The van der Waals surface area contributed by atoms with Gasteiger partial charge in [0.2, 0.25) is 0 Å². The first-order chi connectivity index (χ1) is 10.8. The summed E-state index contributed by atoms with van der Waals surface area (Å²) < 4.78 is 13.1. The number of morpholine rings is 1. The van der Waals surface area contributed by atoms with Crippen molar-refractivity contribution in [3.05, 3.63) is 11.3 Å². The zero-order chi connectivity index (χ0) is 15.4. The number of ether oxygens (including phenoxy) is 2. The van der Waals surface area contributed by atoms with Crippen LogP contribution in [-0.2, 0) is 23.1 Å². The predicted molar refractivity (Wildman–Crippen MR) is 86.2 cm³/mol. The summed E-state index contributed by atoms with van der Waals surface area (Å²) in [4.78, 5) is 2.38. The summed E-state index contributed by atoms with van der Waals surface area (Å²) in [5, 5.41) is 8.09. The van der Waals surface area contributed by atoms with E-state index in [1.807, 2.05) is 11.7 Å². The topological polar surface area (TPSA) is 51.5 Å². The van der Waals surface area contributed by atoms with Gasteiger partial charge in [-0.05, 0) is 25.7 Å². The Morgan fingerprint density at radius 3 is 2.82 bits per heavy atom. The summed E-state index contributed by atoms with van der Waals surface area (Å²) in [6.07, 6.45) is 2.70. The van der Waals surface area contributed by atoms with Gasteiger partial charge < -0.3 is 19.7 Å². The molecular weight excluding hydrogens is 280 g/mol. The highest BCUT2D eigenvalue weighted by atomic mass is 16.5. The van der Waals surface area contributed by atoms with Crippen molar-refractivity contribution in [1.29, 1.82) is 0 Å².